The summed E-state index contributed by atoms with van der Waals surface area (Å²) in [5.74, 6) is 0.651. The topological polar surface area (TPSA) is 60.1 Å². The number of aliphatic imine (C=N–C) groups is 1. The molecule has 2 heterocycles. The summed E-state index contributed by atoms with van der Waals surface area (Å²) in [4.78, 5) is 6.71. The van der Waals surface area contributed by atoms with Crippen LogP contribution < -0.4 is 5.73 Å². The molecule has 2 saturated heterocycles. The number of halogens is 1. The number of nitrogens with zero attached hydrogens (tertiary/aromatic N) is 2. The molecule has 0 aromatic carbocycles. The lowest BCUT2D eigenvalue weighted by Gasteiger charge is -2.33. The van der Waals surface area contributed by atoms with Crippen LogP contribution >= 0.6 is 24.0 Å². The minimum Gasteiger partial charge on any atom is -0.375 e. The first-order valence-corrected chi connectivity index (χ1v) is 8.51. The van der Waals surface area contributed by atoms with Gasteiger partial charge in [0.25, 0.3) is 0 Å². The van der Waals surface area contributed by atoms with Crippen molar-refractivity contribution in [3.63, 3.8) is 0 Å². The van der Waals surface area contributed by atoms with Crippen LogP contribution in [0.25, 0.3) is 0 Å². The van der Waals surface area contributed by atoms with Crippen molar-refractivity contribution in [2.75, 3.05) is 26.2 Å². The molecule has 2 aliphatic heterocycles. The van der Waals surface area contributed by atoms with Gasteiger partial charge in [-0.15, -0.1) is 24.0 Å². The number of morpholine rings is 1. The first-order valence-electron chi connectivity index (χ1n) is 8.51. The summed E-state index contributed by atoms with van der Waals surface area (Å²) < 4.78 is 11.9. The van der Waals surface area contributed by atoms with Crippen LogP contribution in [0.3, 0.4) is 0 Å². The molecule has 2 N–H and O–H groups in total. The van der Waals surface area contributed by atoms with Crippen LogP contribution in [0.15, 0.2) is 4.99 Å². The highest BCUT2D eigenvalue weighted by Crippen LogP contribution is 2.41. The van der Waals surface area contributed by atoms with Gasteiger partial charge >= 0.3 is 0 Å². The number of nitrogens with two attached hydrogens (primary N) is 1. The molecule has 0 bridgehead atoms. The number of ether oxygens (including phenoxy) is 2. The van der Waals surface area contributed by atoms with Crippen molar-refractivity contribution in [1.29, 1.82) is 0 Å². The van der Waals surface area contributed by atoms with E-state index in [1.54, 1.807) is 0 Å². The molecule has 0 aromatic rings. The third kappa shape index (κ3) is 4.47. The predicted molar refractivity (Wildman–Crippen MR) is 98.8 cm³/mol. The Hall–Kier alpha value is -0.0800. The second-order valence-corrected chi connectivity index (χ2v) is 6.85. The van der Waals surface area contributed by atoms with Crippen molar-refractivity contribution in [3.8, 4) is 0 Å². The molecule has 3 aliphatic rings. The van der Waals surface area contributed by atoms with Crippen LogP contribution in [0, 0.1) is 0 Å². The largest absolute Gasteiger partial charge is 0.375 e. The van der Waals surface area contributed by atoms with Gasteiger partial charge in [-0.3, -0.25) is 4.99 Å². The minimum atomic E-state index is 0. The fraction of sp³-hybridized carbons (Fsp3) is 0.938. The third-order valence-corrected chi connectivity index (χ3v) is 5.13. The smallest absolute Gasteiger partial charge is 0.191 e. The zero-order valence-corrected chi connectivity index (χ0v) is 16.0. The molecule has 5 nitrogen and oxygen atoms in total. The Balaban J connectivity index is 0.00000176. The SMILES string of the molecule is CC1CN(C(N)=NCC2CCC3(CCCCC3)O2)CCO1.I. The monoisotopic (exact) mass is 423 g/mol. The van der Waals surface area contributed by atoms with E-state index in [1.807, 2.05) is 0 Å². The zero-order chi connectivity index (χ0) is 14.7. The zero-order valence-electron chi connectivity index (χ0n) is 13.6. The lowest BCUT2D eigenvalue weighted by atomic mass is 9.83. The molecule has 2 atom stereocenters. The van der Waals surface area contributed by atoms with Gasteiger partial charge in [-0.2, -0.15) is 0 Å². The number of hydrogen-bond donors (Lipinski definition) is 1. The van der Waals surface area contributed by atoms with Crippen molar-refractivity contribution >= 4 is 29.9 Å². The molecule has 22 heavy (non-hydrogen) atoms. The maximum atomic E-state index is 6.34. The molecule has 6 heteroatoms. The normalized spacial score (nSPS) is 32.0. The fourth-order valence-corrected chi connectivity index (χ4v) is 3.91. The minimum absolute atomic E-state index is 0. The highest BCUT2D eigenvalue weighted by molar-refractivity contribution is 14.0. The van der Waals surface area contributed by atoms with Crippen LogP contribution in [0.1, 0.15) is 51.9 Å². The summed E-state index contributed by atoms with van der Waals surface area (Å²) in [5, 5.41) is 0. The summed E-state index contributed by atoms with van der Waals surface area (Å²) >= 11 is 0. The Kier molecular flexibility index (Phi) is 6.76. The van der Waals surface area contributed by atoms with Crippen molar-refractivity contribution in [3.05, 3.63) is 0 Å². The second kappa shape index (κ2) is 8.15. The summed E-state index contributed by atoms with van der Waals surface area (Å²) in [6.07, 6.45) is 9.34. The lowest BCUT2D eigenvalue weighted by Crippen LogP contribution is -2.48. The molecule has 2 unspecified atom stereocenters. The van der Waals surface area contributed by atoms with Crippen molar-refractivity contribution in [2.24, 2.45) is 10.7 Å². The Bertz CT molecular complexity index is 386. The van der Waals surface area contributed by atoms with Gasteiger partial charge in [-0.1, -0.05) is 19.3 Å². The molecule has 0 amide bonds. The van der Waals surface area contributed by atoms with E-state index in [-0.39, 0.29) is 41.8 Å². The first-order chi connectivity index (χ1) is 10.2. The molecule has 1 spiro atoms. The number of rotatable bonds is 2. The highest BCUT2D eigenvalue weighted by Gasteiger charge is 2.40. The maximum absolute atomic E-state index is 6.34. The summed E-state index contributed by atoms with van der Waals surface area (Å²) in [7, 11) is 0. The molecule has 3 fully saturated rings. The number of guanidine groups is 1. The molecule has 0 radical (unpaired) electrons. The Morgan fingerprint density at radius 2 is 2.05 bits per heavy atom. The van der Waals surface area contributed by atoms with Gasteiger partial charge in [0.2, 0.25) is 0 Å². The van der Waals surface area contributed by atoms with Gasteiger partial charge < -0.3 is 20.1 Å². The Labute approximate surface area is 151 Å². The fourth-order valence-electron chi connectivity index (χ4n) is 3.91. The van der Waals surface area contributed by atoms with Gasteiger partial charge in [0.15, 0.2) is 5.96 Å². The van der Waals surface area contributed by atoms with E-state index < -0.39 is 0 Å². The first kappa shape index (κ1) is 18.3. The highest BCUT2D eigenvalue weighted by atomic mass is 127. The van der Waals surface area contributed by atoms with E-state index in [0.717, 1.165) is 26.1 Å². The quantitative estimate of drug-likeness (QED) is 0.421. The van der Waals surface area contributed by atoms with E-state index in [0.29, 0.717) is 12.5 Å². The standard InChI is InChI=1S/C16H29N3O2.HI/c1-13-12-19(9-10-20-13)15(17)18-11-14-5-8-16(21-14)6-3-2-4-7-16;/h13-14H,2-12H2,1H3,(H2,17,18);1H. The van der Waals surface area contributed by atoms with E-state index in [1.165, 1.54) is 38.5 Å². The molecule has 1 saturated carbocycles. The van der Waals surface area contributed by atoms with Crippen LogP contribution in [-0.2, 0) is 9.47 Å². The van der Waals surface area contributed by atoms with Crippen molar-refractivity contribution in [2.45, 2.75) is 69.7 Å². The Morgan fingerprint density at radius 1 is 1.27 bits per heavy atom. The molecular formula is C16H30IN3O2. The molecule has 128 valence electrons. The summed E-state index contributed by atoms with van der Waals surface area (Å²) in [6, 6.07) is 0. The Morgan fingerprint density at radius 3 is 2.77 bits per heavy atom. The summed E-state index contributed by atoms with van der Waals surface area (Å²) in [6.45, 7) is 5.20. The number of hydrogen-bond acceptors (Lipinski definition) is 3. The van der Waals surface area contributed by atoms with Crippen LogP contribution in [-0.4, -0.2) is 54.9 Å². The second-order valence-electron chi connectivity index (χ2n) is 6.85. The molecule has 1 aliphatic carbocycles. The third-order valence-electron chi connectivity index (χ3n) is 5.13. The van der Waals surface area contributed by atoms with Crippen molar-refractivity contribution in [1.82, 2.24) is 4.90 Å². The average molecular weight is 423 g/mol. The van der Waals surface area contributed by atoms with Crippen molar-refractivity contribution < 1.29 is 9.47 Å². The van der Waals surface area contributed by atoms with E-state index in [2.05, 4.69) is 16.8 Å². The van der Waals surface area contributed by atoms with Crippen LogP contribution in [0.2, 0.25) is 0 Å². The molecule has 0 aromatic heterocycles. The summed E-state index contributed by atoms with van der Waals surface area (Å²) in [5.41, 5.74) is 6.30. The van der Waals surface area contributed by atoms with Gasteiger partial charge in [0.05, 0.1) is 31.0 Å². The maximum Gasteiger partial charge on any atom is 0.191 e. The van der Waals surface area contributed by atoms with Crippen LogP contribution in [0.5, 0.6) is 0 Å². The van der Waals surface area contributed by atoms with Gasteiger partial charge in [-0.05, 0) is 32.6 Å². The van der Waals surface area contributed by atoms with Gasteiger partial charge in [0, 0.05) is 13.1 Å². The van der Waals surface area contributed by atoms with Gasteiger partial charge in [-0.25, -0.2) is 0 Å². The van der Waals surface area contributed by atoms with Gasteiger partial charge in [0.1, 0.15) is 0 Å². The van der Waals surface area contributed by atoms with E-state index >= 15 is 0 Å². The predicted octanol–water partition coefficient (Wildman–Crippen LogP) is 2.52. The van der Waals surface area contributed by atoms with E-state index in [4.69, 9.17) is 15.2 Å². The van der Waals surface area contributed by atoms with Crippen LogP contribution in [0.4, 0.5) is 0 Å². The molecular weight excluding hydrogens is 393 g/mol. The molecule has 3 rings (SSSR count). The van der Waals surface area contributed by atoms with E-state index in [9.17, 15) is 0 Å². The lowest BCUT2D eigenvalue weighted by molar-refractivity contribution is -0.0599. The average Bonchev–Trinajstić information content (AvgIpc) is 2.88.